The van der Waals surface area contributed by atoms with Gasteiger partial charge in [0.2, 0.25) is 0 Å². The van der Waals surface area contributed by atoms with Crippen molar-refractivity contribution in [3.63, 3.8) is 0 Å². The Hall–Kier alpha value is -2.41. The van der Waals surface area contributed by atoms with Gasteiger partial charge in [-0.25, -0.2) is 4.79 Å². The number of anilines is 1. The molecule has 0 spiro atoms. The summed E-state index contributed by atoms with van der Waals surface area (Å²) in [6.45, 7) is 3.13. The van der Waals surface area contributed by atoms with Gasteiger partial charge in [0, 0.05) is 11.6 Å². The van der Waals surface area contributed by atoms with Crippen molar-refractivity contribution in [2.24, 2.45) is 0 Å². The fourth-order valence-electron chi connectivity index (χ4n) is 2.90. The summed E-state index contributed by atoms with van der Waals surface area (Å²) in [5, 5.41) is 13.4. The lowest BCUT2D eigenvalue weighted by molar-refractivity contribution is 0.0697. The molecule has 2 N–H and O–H groups in total. The van der Waals surface area contributed by atoms with Gasteiger partial charge < -0.3 is 19.9 Å². The van der Waals surface area contributed by atoms with E-state index in [0.717, 1.165) is 15.6 Å². The van der Waals surface area contributed by atoms with Crippen LogP contribution in [-0.2, 0) is 13.2 Å². The number of halogens is 3. The second-order valence-electron chi connectivity index (χ2n) is 6.61. The first-order valence-electron chi connectivity index (χ1n) is 9.46. The summed E-state index contributed by atoms with van der Waals surface area (Å²) >= 11 is 15.8. The van der Waals surface area contributed by atoms with Crippen LogP contribution in [-0.4, -0.2) is 17.7 Å². The van der Waals surface area contributed by atoms with Crippen LogP contribution < -0.4 is 14.8 Å². The van der Waals surface area contributed by atoms with Crippen LogP contribution in [0.2, 0.25) is 10.0 Å². The SMILES string of the molecule is CCOc1cc(CNc2cc(C(=O)O)ccc2Cl)cc(Br)c1OCc1cccc(Cl)c1. The van der Waals surface area contributed by atoms with Crippen LogP contribution >= 0.6 is 39.1 Å². The minimum atomic E-state index is -1.01. The third-order valence-corrected chi connectivity index (χ3v) is 5.49. The maximum atomic E-state index is 11.2. The summed E-state index contributed by atoms with van der Waals surface area (Å²) in [4.78, 5) is 11.2. The van der Waals surface area contributed by atoms with Crippen molar-refractivity contribution in [1.82, 2.24) is 0 Å². The van der Waals surface area contributed by atoms with Gasteiger partial charge in [-0.15, -0.1) is 0 Å². The molecule has 31 heavy (non-hydrogen) atoms. The van der Waals surface area contributed by atoms with Crippen molar-refractivity contribution >= 4 is 50.8 Å². The lowest BCUT2D eigenvalue weighted by atomic mass is 10.1. The molecule has 8 heteroatoms. The molecule has 5 nitrogen and oxygen atoms in total. The first-order chi connectivity index (χ1) is 14.9. The zero-order valence-corrected chi connectivity index (χ0v) is 19.7. The summed E-state index contributed by atoms with van der Waals surface area (Å²) in [6.07, 6.45) is 0. The summed E-state index contributed by atoms with van der Waals surface area (Å²) in [6, 6.07) is 15.8. The largest absolute Gasteiger partial charge is 0.490 e. The molecule has 0 aliphatic carbocycles. The van der Waals surface area contributed by atoms with Crippen LogP contribution in [0, 0.1) is 0 Å². The molecule has 0 aromatic heterocycles. The van der Waals surface area contributed by atoms with E-state index in [4.69, 9.17) is 32.7 Å². The molecule has 0 atom stereocenters. The number of carboxylic acids is 1. The van der Waals surface area contributed by atoms with Crippen LogP contribution in [0.1, 0.15) is 28.4 Å². The van der Waals surface area contributed by atoms with E-state index >= 15 is 0 Å². The summed E-state index contributed by atoms with van der Waals surface area (Å²) in [5.41, 5.74) is 2.55. The van der Waals surface area contributed by atoms with Gasteiger partial charge in [0.05, 0.1) is 27.4 Å². The average Bonchev–Trinajstić information content (AvgIpc) is 2.72. The number of nitrogens with one attached hydrogen (secondary N) is 1. The van der Waals surface area contributed by atoms with Crippen molar-refractivity contribution < 1.29 is 19.4 Å². The number of carboxylic acid groups (broad SMARTS) is 1. The molecule has 0 bridgehead atoms. The molecule has 0 saturated carbocycles. The van der Waals surface area contributed by atoms with E-state index < -0.39 is 5.97 Å². The highest BCUT2D eigenvalue weighted by atomic mass is 79.9. The lowest BCUT2D eigenvalue weighted by Crippen LogP contribution is -2.05. The van der Waals surface area contributed by atoms with Crippen molar-refractivity contribution in [2.75, 3.05) is 11.9 Å². The molecule has 3 aromatic carbocycles. The van der Waals surface area contributed by atoms with Crippen molar-refractivity contribution in [2.45, 2.75) is 20.1 Å². The van der Waals surface area contributed by atoms with Crippen LogP contribution in [0.3, 0.4) is 0 Å². The van der Waals surface area contributed by atoms with Crippen molar-refractivity contribution in [3.05, 3.63) is 85.8 Å². The standard InChI is InChI=1S/C23H20BrCl2NO4/c1-2-30-21-10-15(12-27-20-11-16(23(28)29)6-7-19(20)26)9-18(24)22(21)31-13-14-4-3-5-17(25)8-14/h3-11,27H,2,12-13H2,1H3,(H,28,29). The predicted molar refractivity (Wildman–Crippen MR) is 127 cm³/mol. The Morgan fingerprint density at radius 1 is 1.06 bits per heavy atom. The van der Waals surface area contributed by atoms with E-state index in [1.165, 1.54) is 12.1 Å². The highest BCUT2D eigenvalue weighted by Crippen LogP contribution is 2.38. The molecule has 0 unspecified atom stereocenters. The molecule has 3 rings (SSSR count). The van der Waals surface area contributed by atoms with Gasteiger partial charge in [0.25, 0.3) is 0 Å². The summed E-state index contributed by atoms with van der Waals surface area (Å²) < 4.78 is 12.5. The fraction of sp³-hybridized carbons (Fsp3) is 0.174. The van der Waals surface area contributed by atoms with Gasteiger partial charge in [-0.05, 0) is 76.4 Å². The Labute approximate surface area is 199 Å². The molecule has 0 fully saturated rings. The van der Waals surface area contributed by atoms with Crippen LogP contribution in [0.15, 0.2) is 59.1 Å². The van der Waals surface area contributed by atoms with E-state index in [2.05, 4.69) is 21.2 Å². The second kappa shape index (κ2) is 10.8. The lowest BCUT2D eigenvalue weighted by Gasteiger charge is -2.16. The number of carbonyl (C=O) groups is 1. The van der Waals surface area contributed by atoms with E-state index in [-0.39, 0.29) is 5.56 Å². The molecular formula is C23H20BrCl2NO4. The number of rotatable bonds is 9. The van der Waals surface area contributed by atoms with Crippen LogP contribution in [0.4, 0.5) is 5.69 Å². The highest BCUT2D eigenvalue weighted by molar-refractivity contribution is 9.10. The van der Waals surface area contributed by atoms with Crippen molar-refractivity contribution in [1.29, 1.82) is 0 Å². The first kappa shape index (κ1) is 23.3. The maximum absolute atomic E-state index is 11.2. The molecule has 0 amide bonds. The van der Waals surface area contributed by atoms with Gasteiger partial charge >= 0.3 is 5.97 Å². The van der Waals surface area contributed by atoms with Gasteiger partial charge in [-0.1, -0.05) is 35.3 Å². The first-order valence-corrected chi connectivity index (χ1v) is 11.0. The Kier molecular flexibility index (Phi) is 8.07. The molecule has 3 aromatic rings. The third-order valence-electron chi connectivity index (χ3n) is 4.34. The minimum Gasteiger partial charge on any atom is -0.490 e. The molecular weight excluding hydrogens is 505 g/mol. The Bertz CT molecular complexity index is 1090. The number of ether oxygens (including phenoxy) is 2. The molecule has 0 heterocycles. The molecule has 0 saturated heterocycles. The zero-order valence-electron chi connectivity index (χ0n) is 16.6. The summed E-state index contributed by atoms with van der Waals surface area (Å²) in [7, 11) is 0. The minimum absolute atomic E-state index is 0.160. The number of benzene rings is 3. The van der Waals surface area contributed by atoms with Crippen LogP contribution in [0.5, 0.6) is 11.5 Å². The average molecular weight is 525 g/mol. The monoisotopic (exact) mass is 523 g/mol. The second-order valence-corrected chi connectivity index (χ2v) is 8.31. The van der Waals surface area contributed by atoms with Crippen LogP contribution in [0.25, 0.3) is 0 Å². The molecule has 0 aliphatic heterocycles. The molecule has 0 radical (unpaired) electrons. The van der Waals surface area contributed by atoms with Gasteiger partial charge in [0.15, 0.2) is 11.5 Å². The number of hydrogen-bond acceptors (Lipinski definition) is 4. The smallest absolute Gasteiger partial charge is 0.335 e. The van der Waals surface area contributed by atoms with Gasteiger partial charge in [-0.3, -0.25) is 0 Å². The third kappa shape index (κ3) is 6.29. The Morgan fingerprint density at radius 3 is 2.58 bits per heavy atom. The fourth-order valence-corrected chi connectivity index (χ4v) is 3.90. The normalized spacial score (nSPS) is 10.6. The Morgan fingerprint density at radius 2 is 1.87 bits per heavy atom. The quantitative estimate of drug-likeness (QED) is 0.314. The topological polar surface area (TPSA) is 67.8 Å². The van der Waals surface area contributed by atoms with E-state index in [9.17, 15) is 9.90 Å². The molecule has 162 valence electrons. The predicted octanol–water partition coefficient (Wildman–Crippen LogP) is 7.04. The number of aromatic carboxylic acids is 1. The van der Waals surface area contributed by atoms with Crippen molar-refractivity contribution in [3.8, 4) is 11.5 Å². The van der Waals surface area contributed by atoms with E-state index in [1.54, 1.807) is 6.07 Å². The highest BCUT2D eigenvalue weighted by Gasteiger charge is 2.14. The maximum Gasteiger partial charge on any atom is 0.335 e. The van der Waals surface area contributed by atoms with E-state index in [1.807, 2.05) is 43.3 Å². The van der Waals surface area contributed by atoms with Gasteiger partial charge in [0.1, 0.15) is 6.61 Å². The number of hydrogen-bond donors (Lipinski definition) is 2. The van der Waals surface area contributed by atoms with Gasteiger partial charge in [-0.2, -0.15) is 0 Å². The summed E-state index contributed by atoms with van der Waals surface area (Å²) in [5.74, 6) is 0.180. The molecule has 0 aliphatic rings. The zero-order chi connectivity index (χ0) is 22.4. The Balaban J connectivity index is 1.78. The van der Waals surface area contributed by atoms with E-state index in [0.29, 0.717) is 47.0 Å².